The van der Waals surface area contributed by atoms with Crippen LogP contribution in [0.5, 0.6) is 5.75 Å². The zero-order valence-electron chi connectivity index (χ0n) is 12.1. The SMILES string of the molecule is COc1cccc(C(=O)NCCNc2ncc(C(F)(F)F)s2)c1. The Morgan fingerprint density at radius 3 is 2.78 bits per heavy atom. The monoisotopic (exact) mass is 345 g/mol. The van der Waals surface area contributed by atoms with Crippen LogP contribution in [0.15, 0.2) is 30.5 Å². The Bertz CT molecular complexity index is 673. The molecule has 0 fully saturated rings. The highest BCUT2D eigenvalue weighted by atomic mass is 32.1. The van der Waals surface area contributed by atoms with Crippen molar-refractivity contribution in [3.8, 4) is 5.75 Å². The molecule has 1 heterocycles. The van der Waals surface area contributed by atoms with Crippen molar-refractivity contribution in [2.75, 3.05) is 25.5 Å². The van der Waals surface area contributed by atoms with E-state index in [0.717, 1.165) is 6.20 Å². The molecule has 124 valence electrons. The van der Waals surface area contributed by atoms with E-state index in [1.165, 1.54) is 7.11 Å². The van der Waals surface area contributed by atoms with Crippen LogP contribution >= 0.6 is 11.3 Å². The van der Waals surface area contributed by atoms with Crippen molar-refractivity contribution in [1.82, 2.24) is 10.3 Å². The highest BCUT2D eigenvalue weighted by Crippen LogP contribution is 2.34. The maximum Gasteiger partial charge on any atom is 0.427 e. The van der Waals surface area contributed by atoms with Crippen molar-refractivity contribution in [2.45, 2.75) is 6.18 Å². The van der Waals surface area contributed by atoms with Gasteiger partial charge in [-0.05, 0) is 18.2 Å². The molecular weight excluding hydrogens is 331 g/mol. The van der Waals surface area contributed by atoms with Gasteiger partial charge in [-0.15, -0.1) is 0 Å². The zero-order valence-corrected chi connectivity index (χ0v) is 12.9. The summed E-state index contributed by atoms with van der Waals surface area (Å²) in [5.41, 5.74) is 0.443. The number of rotatable bonds is 6. The lowest BCUT2D eigenvalue weighted by Gasteiger charge is -2.07. The first-order chi connectivity index (χ1) is 10.9. The predicted molar refractivity (Wildman–Crippen MR) is 80.9 cm³/mol. The van der Waals surface area contributed by atoms with Gasteiger partial charge in [0.2, 0.25) is 0 Å². The lowest BCUT2D eigenvalue weighted by atomic mass is 10.2. The Balaban J connectivity index is 1.78. The number of anilines is 1. The minimum Gasteiger partial charge on any atom is -0.497 e. The van der Waals surface area contributed by atoms with Gasteiger partial charge in [-0.3, -0.25) is 4.79 Å². The minimum atomic E-state index is -4.39. The number of thiazole rings is 1. The number of methoxy groups -OCH3 is 1. The number of ether oxygens (including phenoxy) is 1. The van der Waals surface area contributed by atoms with Crippen LogP contribution in [0.3, 0.4) is 0 Å². The number of halogens is 3. The molecule has 23 heavy (non-hydrogen) atoms. The molecule has 0 aliphatic carbocycles. The molecule has 1 aromatic heterocycles. The number of nitrogens with zero attached hydrogens (tertiary/aromatic N) is 1. The van der Waals surface area contributed by atoms with E-state index < -0.39 is 11.1 Å². The summed E-state index contributed by atoms with van der Waals surface area (Å²) in [6.07, 6.45) is -3.61. The molecule has 0 atom stereocenters. The molecule has 2 rings (SSSR count). The maximum absolute atomic E-state index is 12.4. The summed E-state index contributed by atoms with van der Waals surface area (Å²) in [5, 5.41) is 5.55. The van der Waals surface area contributed by atoms with Crippen molar-refractivity contribution in [1.29, 1.82) is 0 Å². The lowest BCUT2D eigenvalue weighted by molar-refractivity contribution is -0.134. The molecule has 2 aromatic rings. The number of nitrogens with one attached hydrogen (secondary N) is 2. The van der Waals surface area contributed by atoms with Crippen LogP contribution in [0.4, 0.5) is 18.3 Å². The molecule has 0 saturated heterocycles. The lowest BCUT2D eigenvalue weighted by Crippen LogP contribution is -2.28. The van der Waals surface area contributed by atoms with Crippen molar-refractivity contribution in [3.05, 3.63) is 40.9 Å². The minimum absolute atomic E-state index is 0.160. The molecule has 0 aliphatic rings. The number of carbonyl (C=O) groups excluding carboxylic acids is 1. The van der Waals surface area contributed by atoms with Crippen LogP contribution in [0.1, 0.15) is 15.2 Å². The van der Waals surface area contributed by atoms with E-state index in [9.17, 15) is 18.0 Å². The van der Waals surface area contributed by atoms with Crippen molar-refractivity contribution < 1.29 is 22.7 Å². The molecule has 5 nitrogen and oxygen atoms in total. The van der Waals surface area contributed by atoms with E-state index in [4.69, 9.17) is 4.74 Å². The predicted octanol–water partition coefficient (Wildman–Crippen LogP) is 3.01. The Kier molecular flexibility index (Phi) is 5.43. The standard InChI is InChI=1S/C14H14F3N3O2S/c1-22-10-4-2-3-9(7-10)12(21)18-5-6-19-13-20-8-11(23-13)14(15,16)17/h2-4,7-8H,5-6H2,1H3,(H,18,21)(H,19,20). The largest absolute Gasteiger partial charge is 0.497 e. The fourth-order valence-electron chi connectivity index (χ4n) is 1.70. The molecule has 0 saturated carbocycles. The molecule has 9 heteroatoms. The second-order valence-corrected chi connectivity index (χ2v) is 5.47. The number of hydrogen-bond donors (Lipinski definition) is 2. The number of hydrogen-bond acceptors (Lipinski definition) is 5. The summed E-state index contributed by atoms with van der Waals surface area (Å²) in [4.78, 5) is 14.8. The van der Waals surface area contributed by atoms with E-state index in [1.807, 2.05) is 0 Å². The third kappa shape index (κ3) is 4.85. The van der Waals surface area contributed by atoms with Crippen LogP contribution in [0, 0.1) is 0 Å². The topological polar surface area (TPSA) is 63.2 Å². The fraction of sp³-hybridized carbons (Fsp3) is 0.286. The third-order valence-electron chi connectivity index (χ3n) is 2.80. The number of aromatic nitrogens is 1. The van der Waals surface area contributed by atoms with E-state index >= 15 is 0 Å². The van der Waals surface area contributed by atoms with E-state index in [0.29, 0.717) is 22.6 Å². The number of benzene rings is 1. The fourth-order valence-corrected chi connectivity index (χ4v) is 2.41. The van der Waals surface area contributed by atoms with Gasteiger partial charge < -0.3 is 15.4 Å². The maximum atomic E-state index is 12.4. The first-order valence-corrected chi connectivity index (χ1v) is 7.41. The first-order valence-electron chi connectivity index (χ1n) is 6.59. The van der Waals surface area contributed by atoms with Gasteiger partial charge in [0.15, 0.2) is 5.13 Å². The molecule has 0 aliphatic heterocycles. The van der Waals surface area contributed by atoms with Gasteiger partial charge in [0, 0.05) is 18.7 Å². The highest BCUT2D eigenvalue weighted by molar-refractivity contribution is 7.15. The van der Waals surface area contributed by atoms with Gasteiger partial charge in [-0.1, -0.05) is 17.4 Å². The zero-order chi connectivity index (χ0) is 16.9. The van der Waals surface area contributed by atoms with Crippen molar-refractivity contribution >= 4 is 22.4 Å². The van der Waals surface area contributed by atoms with Gasteiger partial charge in [-0.25, -0.2) is 4.98 Å². The van der Waals surface area contributed by atoms with Crippen LogP contribution in [0.25, 0.3) is 0 Å². The number of carbonyl (C=O) groups is 1. The Labute approximate surface area is 134 Å². The smallest absolute Gasteiger partial charge is 0.427 e. The van der Waals surface area contributed by atoms with Gasteiger partial charge in [0.25, 0.3) is 5.91 Å². The third-order valence-corrected chi connectivity index (χ3v) is 3.80. The second-order valence-electron chi connectivity index (χ2n) is 4.44. The molecule has 0 unspecified atom stereocenters. The number of alkyl halides is 3. The average molecular weight is 345 g/mol. The average Bonchev–Trinajstić information content (AvgIpc) is 3.00. The first kappa shape index (κ1) is 17.1. The van der Waals surface area contributed by atoms with Crippen LogP contribution < -0.4 is 15.4 Å². The molecule has 1 amide bonds. The number of amides is 1. The Morgan fingerprint density at radius 1 is 1.35 bits per heavy atom. The van der Waals surface area contributed by atoms with E-state index in [2.05, 4.69) is 15.6 Å². The molecule has 0 spiro atoms. The molecule has 1 aromatic carbocycles. The van der Waals surface area contributed by atoms with Crippen molar-refractivity contribution in [3.63, 3.8) is 0 Å². The molecule has 2 N–H and O–H groups in total. The van der Waals surface area contributed by atoms with Crippen LogP contribution in [0.2, 0.25) is 0 Å². The summed E-state index contributed by atoms with van der Waals surface area (Å²) in [6.45, 7) is 0.511. The van der Waals surface area contributed by atoms with Crippen LogP contribution in [-0.4, -0.2) is 31.1 Å². The Morgan fingerprint density at radius 2 is 2.13 bits per heavy atom. The summed E-state index contributed by atoms with van der Waals surface area (Å²) < 4.78 is 42.3. The van der Waals surface area contributed by atoms with Gasteiger partial charge in [-0.2, -0.15) is 13.2 Å². The van der Waals surface area contributed by atoms with Crippen molar-refractivity contribution in [2.24, 2.45) is 0 Å². The molecule has 0 radical (unpaired) electrons. The second kappa shape index (κ2) is 7.32. The van der Waals surface area contributed by atoms with E-state index in [-0.39, 0.29) is 24.1 Å². The molecule has 0 bridgehead atoms. The summed E-state index contributed by atoms with van der Waals surface area (Å²) in [6, 6.07) is 6.65. The van der Waals surface area contributed by atoms with Gasteiger partial charge >= 0.3 is 6.18 Å². The quantitative estimate of drug-likeness (QED) is 0.790. The highest BCUT2D eigenvalue weighted by Gasteiger charge is 2.33. The molecular formula is C14H14F3N3O2S. The normalized spacial score (nSPS) is 11.1. The summed E-state index contributed by atoms with van der Waals surface area (Å²) >= 11 is 0.524. The summed E-state index contributed by atoms with van der Waals surface area (Å²) in [5.74, 6) is 0.277. The summed E-state index contributed by atoms with van der Waals surface area (Å²) in [7, 11) is 1.50. The Hall–Kier alpha value is -2.29. The van der Waals surface area contributed by atoms with Gasteiger partial charge in [0.05, 0.1) is 13.3 Å². The van der Waals surface area contributed by atoms with Gasteiger partial charge in [0.1, 0.15) is 10.6 Å². The van der Waals surface area contributed by atoms with E-state index in [1.54, 1.807) is 24.3 Å². The van der Waals surface area contributed by atoms with Crippen LogP contribution in [-0.2, 0) is 6.18 Å².